The molecular formula is C18H22Cl2FN3. The summed E-state index contributed by atoms with van der Waals surface area (Å²) >= 11 is 12.3. The summed E-state index contributed by atoms with van der Waals surface area (Å²) in [4.78, 5) is 2.26. The standard InChI is InChI=1S/C18H22Cl2FN3/c1-12(15-4-2-13(19)10-16(15)20)23-18-11-14(3-5-17(18)21)24-8-6-22-7-9-24/h2-5,10-12,15-16,22-23H,6-9H2,1H3/t12-,15?,16?/m1/s1. The molecule has 1 fully saturated rings. The number of anilines is 2. The van der Waals surface area contributed by atoms with Gasteiger partial charge in [-0.2, -0.15) is 0 Å². The summed E-state index contributed by atoms with van der Waals surface area (Å²) in [7, 11) is 0. The van der Waals surface area contributed by atoms with Gasteiger partial charge in [-0.3, -0.25) is 0 Å². The van der Waals surface area contributed by atoms with E-state index >= 15 is 0 Å². The van der Waals surface area contributed by atoms with Crippen LogP contribution in [0, 0.1) is 11.7 Å². The van der Waals surface area contributed by atoms with Gasteiger partial charge in [0.15, 0.2) is 0 Å². The van der Waals surface area contributed by atoms with Crippen LogP contribution in [0.4, 0.5) is 15.8 Å². The second-order valence-corrected chi connectivity index (χ2v) is 7.21. The van der Waals surface area contributed by atoms with Crippen molar-refractivity contribution < 1.29 is 4.39 Å². The van der Waals surface area contributed by atoms with Crippen LogP contribution in [0.25, 0.3) is 0 Å². The average Bonchev–Trinajstić information content (AvgIpc) is 2.57. The Morgan fingerprint density at radius 2 is 2.08 bits per heavy atom. The van der Waals surface area contributed by atoms with Crippen molar-refractivity contribution in [2.45, 2.75) is 18.3 Å². The van der Waals surface area contributed by atoms with Crippen LogP contribution in [0.2, 0.25) is 0 Å². The molecule has 3 rings (SSSR count). The molecule has 0 bridgehead atoms. The predicted molar refractivity (Wildman–Crippen MR) is 101 cm³/mol. The molecule has 0 radical (unpaired) electrons. The van der Waals surface area contributed by atoms with Gasteiger partial charge in [0.25, 0.3) is 0 Å². The SMILES string of the molecule is C[C@@H](Nc1cc(N2CCNCC2)ccc1F)C1C=CC(Cl)=CC1Cl. The summed E-state index contributed by atoms with van der Waals surface area (Å²) in [6, 6.07) is 5.23. The molecular weight excluding hydrogens is 348 g/mol. The highest BCUT2D eigenvalue weighted by Crippen LogP contribution is 2.30. The Bertz CT molecular complexity index is 641. The van der Waals surface area contributed by atoms with E-state index in [1.165, 1.54) is 6.07 Å². The summed E-state index contributed by atoms with van der Waals surface area (Å²) in [5.74, 6) is -0.198. The number of halogens is 3. The quantitative estimate of drug-likeness (QED) is 0.786. The second kappa shape index (κ2) is 7.77. The Labute approximate surface area is 152 Å². The average molecular weight is 370 g/mol. The van der Waals surface area contributed by atoms with Crippen LogP contribution in [0.5, 0.6) is 0 Å². The van der Waals surface area contributed by atoms with Crippen molar-refractivity contribution in [2.75, 3.05) is 36.4 Å². The molecule has 1 aromatic carbocycles. The minimum absolute atomic E-state index is 0.0162. The Balaban J connectivity index is 1.73. The molecule has 0 saturated carbocycles. The van der Waals surface area contributed by atoms with Gasteiger partial charge in [-0.25, -0.2) is 4.39 Å². The zero-order valence-corrected chi connectivity index (χ0v) is 15.1. The highest BCUT2D eigenvalue weighted by atomic mass is 35.5. The number of alkyl halides is 1. The van der Waals surface area contributed by atoms with E-state index < -0.39 is 0 Å². The molecule has 3 nitrogen and oxygen atoms in total. The van der Waals surface area contributed by atoms with E-state index in [-0.39, 0.29) is 23.2 Å². The maximum atomic E-state index is 14.2. The molecule has 2 N–H and O–H groups in total. The first-order valence-electron chi connectivity index (χ1n) is 8.26. The van der Waals surface area contributed by atoms with Crippen LogP contribution >= 0.6 is 23.2 Å². The van der Waals surface area contributed by atoms with Gasteiger partial charge in [-0.05, 0) is 37.3 Å². The van der Waals surface area contributed by atoms with E-state index in [9.17, 15) is 4.39 Å². The summed E-state index contributed by atoms with van der Waals surface area (Å²) in [6.07, 6.45) is 5.64. The van der Waals surface area contributed by atoms with E-state index in [2.05, 4.69) is 15.5 Å². The third-order valence-electron chi connectivity index (χ3n) is 4.56. The van der Waals surface area contributed by atoms with Crippen molar-refractivity contribution >= 4 is 34.6 Å². The fraction of sp³-hybridized carbons (Fsp3) is 0.444. The van der Waals surface area contributed by atoms with Crippen molar-refractivity contribution in [3.05, 3.63) is 47.3 Å². The van der Waals surface area contributed by atoms with Crippen molar-refractivity contribution in [1.29, 1.82) is 0 Å². The minimum Gasteiger partial charge on any atom is -0.380 e. The van der Waals surface area contributed by atoms with Crippen molar-refractivity contribution in [2.24, 2.45) is 5.92 Å². The van der Waals surface area contributed by atoms with Gasteiger partial charge in [0.2, 0.25) is 0 Å². The lowest BCUT2D eigenvalue weighted by atomic mass is 9.93. The molecule has 130 valence electrons. The fourth-order valence-corrected chi connectivity index (χ4v) is 3.87. The molecule has 24 heavy (non-hydrogen) atoms. The van der Waals surface area contributed by atoms with Crippen molar-refractivity contribution in [3.8, 4) is 0 Å². The van der Waals surface area contributed by atoms with Crippen LogP contribution < -0.4 is 15.5 Å². The van der Waals surface area contributed by atoms with E-state index in [0.29, 0.717) is 10.7 Å². The molecule has 2 unspecified atom stereocenters. The number of hydrogen-bond acceptors (Lipinski definition) is 3. The van der Waals surface area contributed by atoms with Gasteiger partial charge in [0.05, 0.1) is 11.1 Å². The summed E-state index contributed by atoms with van der Waals surface area (Å²) < 4.78 is 14.2. The molecule has 3 atom stereocenters. The first-order valence-corrected chi connectivity index (χ1v) is 9.07. The number of rotatable bonds is 4. The van der Waals surface area contributed by atoms with Gasteiger partial charge < -0.3 is 15.5 Å². The van der Waals surface area contributed by atoms with Crippen LogP contribution in [-0.4, -0.2) is 37.6 Å². The van der Waals surface area contributed by atoms with Crippen molar-refractivity contribution in [3.63, 3.8) is 0 Å². The molecule has 1 aliphatic heterocycles. The van der Waals surface area contributed by atoms with Crippen LogP contribution in [0.1, 0.15) is 6.92 Å². The molecule has 1 saturated heterocycles. The number of benzene rings is 1. The molecule has 2 aliphatic rings. The molecule has 0 aromatic heterocycles. The van der Waals surface area contributed by atoms with Crippen LogP contribution in [-0.2, 0) is 0 Å². The number of hydrogen-bond donors (Lipinski definition) is 2. The summed E-state index contributed by atoms with van der Waals surface area (Å²) in [6.45, 7) is 5.77. The normalized spacial score (nSPS) is 25.3. The Hall–Kier alpha value is -1.23. The van der Waals surface area contributed by atoms with E-state index in [4.69, 9.17) is 23.2 Å². The zero-order valence-electron chi connectivity index (χ0n) is 13.6. The molecule has 1 aromatic rings. The third-order valence-corrected chi connectivity index (χ3v) is 5.23. The molecule has 1 heterocycles. The number of allylic oxidation sites excluding steroid dienone is 3. The summed E-state index contributed by atoms with van der Waals surface area (Å²) in [5, 5.41) is 7.04. The zero-order chi connectivity index (χ0) is 17.1. The predicted octanol–water partition coefficient (Wildman–Crippen LogP) is 3.95. The third kappa shape index (κ3) is 4.05. The maximum Gasteiger partial charge on any atom is 0.146 e. The molecule has 1 aliphatic carbocycles. The number of piperazine rings is 1. The topological polar surface area (TPSA) is 27.3 Å². The molecule has 6 heteroatoms. The Morgan fingerprint density at radius 1 is 1.33 bits per heavy atom. The van der Waals surface area contributed by atoms with Crippen LogP contribution in [0.15, 0.2) is 41.5 Å². The van der Waals surface area contributed by atoms with Gasteiger partial charge in [-0.15, -0.1) is 11.6 Å². The van der Waals surface area contributed by atoms with Gasteiger partial charge in [-0.1, -0.05) is 17.7 Å². The van der Waals surface area contributed by atoms with E-state index in [0.717, 1.165) is 31.9 Å². The monoisotopic (exact) mass is 369 g/mol. The van der Waals surface area contributed by atoms with Crippen molar-refractivity contribution in [1.82, 2.24) is 5.32 Å². The largest absolute Gasteiger partial charge is 0.380 e. The summed E-state index contributed by atoms with van der Waals surface area (Å²) in [5.41, 5.74) is 1.55. The minimum atomic E-state index is -0.250. The highest BCUT2D eigenvalue weighted by Gasteiger charge is 2.25. The second-order valence-electron chi connectivity index (χ2n) is 6.27. The smallest absolute Gasteiger partial charge is 0.146 e. The maximum absolute atomic E-state index is 14.2. The fourth-order valence-electron chi connectivity index (χ4n) is 3.16. The Kier molecular flexibility index (Phi) is 5.69. The molecule has 0 amide bonds. The lowest BCUT2D eigenvalue weighted by Crippen LogP contribution is -2.43. The van der Waals surface area contributed by atoms with Gasteiger partial charge in [0, 0.05) is 48.9 Å². The lowest BCUT2D eigenvalue weighted by Gasteiger charge is -2.31. The first kappa shape index (κ1) is 17.6. The lowest BCUT2D eigenvalue weighted by molar-refractivity contribution is 0.563. The van der Waals surface area contributed by atoms with Gasteiger partial charge >= 0.3 is 0 Å². The first-order chi connectivity index (χ1) is 11.5. The number of nitrogens with one attached hydrogen (secondary N) is 2. The van der Waals surface area contributed by atoms with E-state index in [1.807, 2.05) is 37.3 Å². The van der Waals surface area contributed by atoms with Gasteiger partial charge in [0.1, 0.15) is 5.82 Å². The highest BCUT2D eigenvalue weighted by molar-refractivity contribution is 6.32. The van der Waals surface area contributed by atoms with Crippen LogP contribution in [0.3, 0.4) is 0 Å². The van der Waals surface area contributed by atoms with E-state index in [1.54, 1.807) is 0 Å². The number of nitrogens with zero attached hydrogens (tertiary/aromatic N) is 1. The Morgan fingerprint density at radius 3 is 2.79 bits per heavy atom. The molecule has 0 spiro atoms.